The molecule has 0 aliphatic carbocycles. The van der Waals surface area contributed by atoms with E-state index in [2.05, 4.69) is 20.8 Å². The smallest absolute Gasteiger partial charge is 0.253 e. The third-order valence-corrected chi connectivity index (χ3v) is 4.80. The maximum atomic E-state index is 12.7. The Morgan fingerprint density at radius 3 is 1.89 bits per heavy atom. The van der Waals surface area contributed by atoms with Crippen molar-refractivity contribution in [3.8, 4) is 17.2 Å². The van der Waals surface area contributed by atoms with Crippen LogP contribution in [0.3, 0.4) is 0 Å². The summed E-state index contributed by atoms with van der Waals surface area (Å²) in [4.78, 5) is 14.5. The number of likely N-dealkylation sites (N-methyl/N-ethyl adjacent to an activating group) is 1. The number of benzene rings is 2. The van der Waals surface area contributed by atoms with Gasteiger partial charge in [-0.1, -0.05) is 32.9 Å². The second-order valence-electron chi connectivity index (χ2n) is 7.84. The summed E-state index contributed by atoms with van der Waals surface area (Å²) in [5.74, 6) is 1.80. The molecule has 0 aromatic heterocycles. The molecule has 0 spiro atoms. The van der Waals surface area contributed by atoms with Crippen LogP contribution in [0.2, 0.25) is 0 Å². The van der Waals surface area contributed by atoms with Crippen LogP contribution >= 0.6 is 0 Å². The van der Waals surface area contributed by atoms with E-state index in [1.165, 1.54) is 5.56 Å². The third kappa shape index (κ3) is 4.97. The molecule has 2 aromatic carbocycles. The number of rotatable bonds is 7. The highest BCUT2D eigenvalue weighted by molar-refractivity contribution is 5.94. The highest BCUT2D eigenvalue weighted by atomic mass is 16.5. The second-order valence-corrected chi connectivity index (χ2v) is 7.84. The zero-order valence-corrected chi connectivity index (χ0v) is 18.0. The zero-order chi connectivity index (χ0) is 20.9. The highest BCUT2D eigenvalue weighted by Crippen LogP contribution is 2.38. The number of hydrogen-bond acceptors (Lipinski definition) is 4. The molecule has 0 saturated heterocycles. The van der Waals surface area contributed by atoms with E-state index in [1.807, 2.05) is 43.4 Å². The number of ether oxygens (including phenoxy) is 3. The van der Waals surface area contributed by atoms with Crippen LogP contribution in [0.25, 0.3) is 0 Å². The number of hydrogen-bond donors (Lipinski definition) is 0. The number of carbonyl (C=O) groups is 1. The largest absolute Gasteiger partial charge is 0.493 e. The molecule has 0 atom stereocenters. The van der Waals surface area contributed by atoms with E-state index < -0.39 is 0 Å². The summed E-state index contributed by atoms with van der Waals surface area (Å²) < 4.78 is 16.1. The summed E-state index contributed by atoms with van der Waals surface area (Å²) >= 11 is 0. The molecule has 1 amide bonds. The number of methoxy groups -OCH3 is 3. The molecule has 0 N–H and O–H groups in total. The molecule has 5 nitrogen and oxygen atoms in total. The Morgan fingerprint density at radius 2 is 1.46 bits per heavy atom. The van der Waals surface area contributed by atoms with Crippen molar-refractivity contribution in [1.82, 2.24) is 4.90 Å². The molecule has 0 heterocycles. The predicted octanol–water partition coefficient (Wildman–Crippen LogP) is 4.32. The fourth-order valence-electron chi connectivity index (χ4n) is 3.01. The first-order valence-electron chi connectivity index (χ1n) is 9.36. The molecule has 0 unspecified atom stereocenters. The van der Waals surface area contributed by atoms with Crippen LogP contribution in [0, 0.1) is 0 Å². The minimum Gasteiger partial charge on any atom is -0.493 e. The van der Waals surface area contributed by atoms with Crippen LogP contribution < -0.4 is 14.2 Å². The molecule has 2 rings (SSSR count). The first-order valence-corrected chi connectivity index (χ1v) is 9.36. The topological polar surface area (TPSA) is 48.0 Å². The number of nitrogens with zero attached hydrogens (tertiary/aromatic N) is 1. The average molecular weight is 386 g/mol. The standard InChI is InChI=1S/C23H31NO4/c1-23(2,3)18-10-8-17(9-11-18)22(25)24(4)13-12-16-14-19(26-5)21(28-7)20(15-16)27-6/h8-11,14-15H,12-13H2,1-7H3. The van der Waals surface area contributed by atoms with Gasteiger partial charge in [-0.2, -0.15) is 0 Å². The zero-order valence-electron chi connectivity index (χ0n) is 18.0. The van der Waals surface area contributed by atoms with Crippen LogP contribution in [0.4, 0.5) is 0 Å². The van der Waals surface area contributed by atoms with Crippen molar-refractivity contribution in [2.45, 2.75) is 32.6 Å². The van der Waals surface area contributed by atoms with E-state index in [9.17, 15) is 4.79 Å². The van der Waals surface area contributed by atoms with Gasteiger partial charge in [-0.3, -0.25) is 4.79 Å². The van der Waals surface area contributed by atoms with Gasteiger partial charge in [0.25, 0.3) is 5.91 Å². The van der Waals surface area contributed by atoms with Gasteiger partial charge in [0.2, 0.25) is 5.75 Å². The molecule has 5 heteroatoms. The highest BCUT2D eigenvalue weighted by Gasteiger charge is 2.17. The van der Waals surface area contributed by atoms with Gasteiger partial charge in [-0.05, 0) is 47.2 Å². The SMILES string of the molecule is COc1cc(CCN(C)C(=O)c2ccc(C(C)(C)C)cc2)cc(OC)c1OC. The predicted molar refractivity (Wildman–Crippen MR) is 112 cm³/mol. The van der Waals surface area contributed by atoms with Gasteiger partial charge in [-0.15, -0.1) is 0 Å². The summed E-state index contributed by atoms with van der Waals surface area (Å²) in [7, 11) is 6.59. The molecule has 152 valence electrons. The van der Waals surface area contributed by atoms with Crippen LogP contribution in [0.15, 0.2) is 36.4 Å². The van der Waals surface area contributed by atoms with Crippen molar-refractivity contribution in [3.63, 3.8) is 0 Å². The van der Waals surface area contributed by atoms with Crippen LogP contribution in [0.5, 0.6) is 17.2 Å². The Bertz CT molecular complexity index is 781. The summed E-state index contributed by atoms with van der Waals surface area (Å²) in [6, 6.07) is 11.7. The monoisotopic (exact) mass is 385 g/mol. The molecular weight excluding hydrogens is 354 g/mol. The van der Waals surface area contributed by atoms with Gasteiger partial charge >= 0.3 is 0 Å². The Kier molecular flexibility index (Phi) is 6.95. The van der Waals surface area contributed by atoms with Gasteiger partial charge in [-0.25, -0.2) is 0 Å². The van der Waals surface area contributed by atoms with E-state index in [1.54, 1.807) is 26.2 Å². The van der Waals surface area contributed by atoms with Gasteiger partial charge in [0.15, 0.2) is 11.5 Å². The van der Waals surface area contributed by atoms with Crippen molar-refractivity contribution in [3.05, 3.63) is 53.1 Å². The van der Waals surface area contributed by atoms with Crippen molar-refractivity contribution in [1.29, 1.82) is 0 Å². The van der Waals surface area contributed by atoms with Gasteiger partial charge in [0, 0.05) is 19.2 Å². The molecule has 0 radical (unpaired) electrons. The Balaban J connectivity index is 2.09. The van der Waals surface area contributed by atoms with Gasteiger partial charge < -0.3 is 19.1 Å². The molecule has 0 aliphatic heterocycles. The van der Waals surface area contributed by atoms with Crippen LogP contribution in [0.1, 0.15) is 42.3 Å². The molecule has 28 heavy (non-hydrogen) atoms. The van der Waals surface area contributed by atoms with E-state index in [0.717, 1.165) is 5.56 Å². The lowest BCUT2D eigenvalue weighted by Crippen LogP contribution is -2.29. The quantitative estimate of drug-likeness (QED) is 0.712. The number of amides is 1. The molecule has 0 aliphatic rings. The molecule has 2 aromatic rings. The minimum atomic E-state index is 0.00732. The fraction of sp³-hybridized carbons (Fsp3) is 0.435. The maximum absolute atomic E-state index is 12.7. The fourth-order valence-corrected chi connectivity index (χ4v) is 3.01. The molecule has 0 saturated carbocycles. The van der Waals surface area contributed by atoms with Crippen LogP contribution in [-0.4, -0.2) is 45.7 Å². The van der Waals surface area contributed by atoms with Gasteiger partial charge in [0.1, 0.15) is 0 Å². The van der Waals surface area contributed by atoms with Crippen LogP contribution in [-0.2, 0) is 11.8 Å². The Labute approximate surface area is 168 Å². The summed E-state index contributed by atoms with van der Waals surface area (Å²) in [5.41, 5.74) is 2.99. The summed E-state index contributed by atoms with van der Waals surface area (Å²) in [6.45, 7) is 7.06. The lowest BCUT2D eigenvalue weighted by molar-refractivity contribution is 0.0796. The normalized spacial score (nSPS) is 11.1. The van der Waals surface area contributed by atoms with E-state index in [0.29, 0.717) is 35.8 Å². The van der Waals surface area contributed by atoms with Crippen molar-refractivity contribution in [2.75, 3.05) is 34.9 Å². The van der Waals surface area contributed by atoms with Crippen molar-refractivity contribution >= 4 is 5.91 Å². The van der Waals surface area contributed by atoms with E-state index >= 15 is 0 Å². The van der Waals surface area contributed by atoms with Gasteiger partial charge in [0.05, 0.1) is 21.3 Å². The van der Waals surface area contributed by atoms with E-state index in [-0.39, 0.29) is 11.3 Å². The molecule has 0 bridgehead atoms. The molecule has 0 fully saturated rings. The molecular formula is C23H31NO4. The Hall–Kier alpha value is -2.69. The Morgan fingerprint density at radius 1 is 0.929 bits per heavy atom. The summed E-state index contributed by atoms with van der Waals surface area (Å²) in [5, 5.41) is 0. The average Bonchev–Trinajstić information content (AvgIpc) is 2.69. The maximum Gasteiger partial charge on any atom is 0.253 e. The first-order chi connectivity index (χ1) is 13.2. The van der Waals surface area contributed by atoms with Crippen molar-refractivity contribution < 1.29 is 19.0 Å². The first kappa shape index (κ1) is 21.6. The number of carbonyl (C=O) groups excluding carboxylic acids is 1. The third-order valence-electron chi connectivity index (χ3n) is 4.80. The summed E-state index contributed by atoms with van der Waals surface area (Å²) in [6.07, 6.45) is 0.680. The lowest BCUT2D eigenvalue weighted by Gasteiger charge is -2.21. The van der Waals surface area contributed by atoms with E-state index in [4.69, 9.17) is 14.2 Å². The van der Waals surface area contributed by atoms with Crippen molar-refractivity contribution in [2.24, 2.45) is 0 Å². The minimum absolute atomic E-state index is 0.00732. The lowest BCUT2D eigenvalue weighted by atomic mass is 9.86. The second kappa shape index (κ2) is 9.00.